The minimum Gasteiger partial charge on any atom is -0.344 e. The number of benzene rings is 2. The van der Waals surface area contributed by atoms with Crippen molar-refractivity contribution in [2.45, 2.75) is 19.0 Å². The number of amides is 2. The molecule has 0 radical (unpaired) electrons. The number of carbonyl (C=O) groups excluding carboxylic acids is 3. The van der Waals surface area contributed by atoms with Gasteiger partial charge in [-0.05, 0) is 17.7 Å². The van der Waals surface area contributed by atoms with Crippen molar-refractivity contribution in [2.75, 3.05) is 6.54 Å². The van der Waals surface area contributed by atoms with Crippen molar-refractivity contribution in [2.24, 2.45) is 0 Å². The van der Waals surface area contributed by atoms with Crippen molar-refractivity contribution in [1.29, 1.82) is 0 Å². The summed E-state index contributed by atoms with van der Waals surface area (Å²) < 4.78 is 12.9. The minimum absolute atomic E-state index is 0.109. The first kappa shape index (κ1) is 16.8. The standard InChI is InChI=1S/C19H17FN2O3/c20-15-8-6-13(7-9-15)11-22-12-16(10-17(22)23)21-19(25)18(24)14-4-2-1-3-5-14/h1-9,16H,10-12H2,(H,21,25). The zero-order valence-corrected chi connectivity index (χ0v) is 13.4. The first-order chi connectivity index (χ1) is 12.0. The van der Waals surface area contributed by atoms with Crippen LogP contribution in [0.4, 0.5) is 4.39 Å². The Morgan fingerprint density at radius 3 is 2.44 bits per heavy atom. The SMILES string of the molecule is O=C(NC1CC(=O)N(Cc2ccc(F)cc2)C1)C(=O)c1ccccc1. The Labute approximate surface area is 144 Å². The molecule has 6 heteroatoms. The van der Waals surface area contributed by atoms with Gasteiger partial charge in [0.2, 0.25) is 11.7 Å². The number of carbonyl (C=O) groups is 3. The second kappa shape index (κ2) is 7.25. The molecule has 1 heterocycles. The van der Waals surface area contributed by atoms with Crippen LogP contribution in [0.3, 0.4) is 0 Å². The van der Waals surface area contributed by atoms with Gasteiger partial charge in [-0.25, -0.2) is 4.39 Å². The fourth-order valence-electron chi connectivity index (χ4n) is 2.80. The number of nitrogens with one attached hydrogen (secondary N) is 1. The highest BCUT2D eigenvalue weighted by Gasteiger charge is 2.31. The molecule has 1 fully saturated rings. The molecule has 3 rings (SSSR count). The molecule has 128 valence electrons. The maximum atomic E-state index is 12.9. The third kappa shape index (κ3) is 4.09. The van der Waals surface area contributed by atoms with E-state index in [2.05, 4.69) is 5.32 Å². The van der Waals surface area contributed by atoms with Crippen LogP contribution in [0.5, 0.6) is 0 Å². The molecular formula is C19H17FN2O3. The topological polar surface area (TPSA) is 66.5 Å². The van der Waals surface area contributed by atoms with Crippen molar-refractivity contribution < 1.29 is 18.8 Å². The van der Waals surface area contributed by atoms with Crippen LogP contribution < -0.4 is 5.32 Å². The molecule has 1 N–H and O–H groups in total. The fraction of sp³-hybridized carbons (Fsp3) is 0.211. The van der Waals surface area contributed by atoms with E-state index in [1.54, 1.807) is 47.4 Å². The summed E-state index contributed by atoms with van der Waals surface area (Å²) in [6, 6.07) is 13.8. The Morgan fingerprint density at radius 2 is 1.76 bits per heavy atom. The van der Waals surface area contributed by atoms with Crippen LogP contribution in [0.1, 0.15) is 22.3 Å². The van der Waals surface area contributed by atoms with Crippen LogP contribution in [-0.2, 0) is 16.1 Å². The average molecular weight is 340 g/mol. The molecule has 2 aromatic rings. The lowest BCUT2D eigenvalue weighted by molar-refractivity contribution is -0.128. The third-order valence-electron chi connectivity index (χ3n) is 4.08. The molecule has 5 nitrogen and oxygen atoms in total. The zero-order valence-electron chi connectivity index (χ0n) is 13.4. The van der Waals surface area contributed by atoms with Gasteiger partial charge in [-0.1, -0.05) is 42.5 Å². The quantitative estimate of drug-likeness (QED) is 0.668. The van der Waals surface area contributed by atoms with Crippen molar-refractivity contribution in [3.05, 3.63) is 71.5 Å². The Hall–Kier alpha value is -3.02. The largest absolute Gasteiger partial charge is 0.344 e. The molecule has 0 bridgehead atoms. The average Bonchev–Trinajstić information content (AvgIpc) is 2.96. The summed E-state index contributed by atoms with van der Waals surface area (Å²) in [5.74, 6) is -1.78. The van der Waals surface area contributed by atoms with Gasteiger partial charge in [0.25, 0.3) is 5.91 Å². The highest BCUT2D eigenvalue weighted by atomic mass is 19.1. The van der Waals surface area contributed by atoms with Crippen molar-refractivity contribution in [3.8, 4) is 0 Å². The first-order valence-electron chi connectivity index (χ1n) is 7.95. The molecular weight excluding hydrogens is 323 g/mol. The molecule has 1 aliphatic rings. The van der Waals surface area contributed by atoms with E-state index >= 15 is 0 Å². The van der Waals surface area contributed by atoms with E-state index in [0.717, 1.165) is 5.56 Å². The van der Waals surface area contributed by atoms with Crippen LogP contribution in [0.25, 0.3) is 0 Å². The lowest BCUT2D eigenvalue weighted by Crippen LogP contribution is -2.40. The van der Waals surface area contributed by atoms with Gasteiger partial charge < -0.3 is 10.2 Å². The maximum Gasteiger partial charge on any atom is 0.292 e. The summed E-state index contributed by atoms with van der Waals surface area (Å²) in [6.07, 6.45) is 0.148. The Bertz CT molecular complexity index is 790. The number of hydrogen-bond acceptors (Lipinski definition) is 3. The van der Waals surface area contributed by atoms with Crippen molar-refractivity contribution in [3.63, 3.8) is 0 Å². The molecule has 0 aliphatic carbocycles. The number of nitrogens with zero attached hydrogens (tertiary/aromatic N) is 1. The Balaban J connectivity index is 1.58. The van der Waals surface area contributed by atoms with E-state index < -0.39 is 17.7 Å². The second-order valence-electron chi connectivity index (χ2n) is 5.97. The van der Waals surface area contributed by atoms with Crippen molar-refractivity contribution >= 4 is 17.6 Å². The number of hydrogen-bond donors (Lipinski definition) is 1. The molecule has 25 heavy (non-hydrogen) atoms. The highest BCUT2D eigenvalue weighted by molar-refractivity contribution is 6.42. The molecule has 0 aromatic heterocycles. The molecule has 1 atom stereocenters. The number of ketones is 1. The van der Waals surface area contributed by atoms with Crippen LogP contribution in [0.2, 0.25) is 0 Å². The van der Waals surface area contributed by atoms with E-state index in [1.165, 1.54) is 12.1 Å². The van der Waals surface area contributed by atoms with Gasteiger partial charge in [0.15, 0.2) is 0 Å². The normalized spacial score (nSPS) is 16.8. The molecule has 0 spiro atoms. The summed E-state index contributed by atoms with van der Waals surface area (Å²) in [6.45, 7) is 0.669. The van der Waals surface area contributed by atoms with Crippen LogP contribution in [0.15, 0.2) is 54.6 Å². The second-order valence-corrected chi connectivity index (χ2v) is 5.97. The Morgan fingerprint density at radius 1 is 1.08 bits per heavy atom. The summed E-state index contributed by atoms with van der Waals surface area (Å²) in [5, 5.41) is 2.62. The molecule has 1 aliphatic heterocycles. The summed E-state index contributed by atoms with van der Waals surface area (Å²) in [4.78, 5) is 37.8. The molecule has 0 saturated carbocycles. The van der Waals surface area contributed by atoms with E-state index in [1.807, 2.05) is 0 Å². The van der Waals surface area contributed by atoms with E-state index in [0.29, 0.717) is 18.7 Å². The van der Waals surface area contributed by atoms with Gasteiger partial charge in [-0.2, -0.15) is 0 Å². The summed E-state index contributed by atoms with van der Waals surface area (Å²) in [5.41, 5.74) is 1.12. The number of rotatable bonds is 5. The van der Waals surface area contributed by atoms with Gasteiger partial charge in [-0.15, -0.1) is 0 Å². The minimum atomic E-state index is -0.715. The number of halogens is 1. The van der Waals surface area contributed by atoms with Crippen LogP contribution in [0, 0.1) is 5.82 Å². The third-order valence-corrected chi connectivity index (χ3v) is 4.08. The van der Waals surface area contributed by atoms with Gasteiger partial charge in [-0.3, -0.25) is 14.4 Å². The lowest BCUT2D eigenvalue weighted by Gasteiger charge is -2.17. The predicted molar refractivity (Wildman–Crippen MR) is 89.1 cm³/mol. The smallest absolute Gasteiger partial charge is 0.292 e. The molecule has 1 saturated heterocycles. The number of Topliss-reactive ketones (excluding diaryl/α,β-unsaturated/α-hetero) is 1. The van der Waals surface area contributed by atoms with E-state index in [9.17, 15) is 18.8 Å². The molecule has 1 unspecified atom stereocenters. The Kier molecular flexibility index (Phi) is 4.88. The molecule has 2 aromatic carbocycles. The first-order valence-corrected chi connectivity index (χ1v) is 7.95. The van der Waals surface area contributed by atoms with Crippen molar-refractivity contribution in [1.82, 2.24) is 10.2 Å². The maximum absolute atomic E-state index is 12.9. The summed E-state index contributed by atoms with van der Waals surface area (Å²) in [7, 11) is 0. The predicted octanol–water partition coefficient (Wildman–Crippen LogP) is 1.93. The highest BCUT2D eigenvalue weighted by Crippen LogP contribution is 2.16. The zero-order chi connectivity index (χ0) is 17.8. The van der Waals surface area contributed by atoms with E-state index in [4.69, 9.17) is 0 Å². The van der Waals surface area contributed by atoms with E-state index in [-0.39, 0.29) is 18.1 Å². The van der Waals surface area contributed by atoms with Gasteiger partial charge >= 0.3 is 0 Å². The van der Waals surface area contributed by atoms with Crippen LogP contribution >= 0.6 is 0 Å². The van der Waals surface area contributed by atoms with Gasteiger partial charge in [0.05, 0.1) is 6.04 Å². The fourth-order valence-corrected chi connectivity index (χ4v) is 2.80. The number of likely N-dealkylation sites (tertiary alicyclic amines) is 1. The monoisotopic (exact) mass is 340 g/mol. The summed E-state index contributed by atoms with van der Waals surface area (Å²) >= 11 is 0. The molecule has 2 amide bonds. The van der Waals surface area contributed by atoms with Gasteiger partial charge in [0, 0.05) is 25.1 Å². The van der Waals surface area contributed by atoms with Crippen LogP contribution in [-0.4, -0.2) is 35.1 Å². The van der Waals surface area contributed by atoms with Gasteiger partial charge in [0.1, 0.15) is 5.82 Å². The lowest BCUT2D eigenvalue weighted by atomic mass is 10.1.